The van der Waals surface area contributed by atoms with Crippen LogP contribution < -0.4 is 5.32 Å². The van der Waals surface area contributed by atoms with Crippen molar-refractivity contribution in [2.24, 2.45) is 0 Å². The Labute approximate surface area is 114 Å². The molecule has 0 aliphatic carbocycles. The van der Waals surface area contributed by atoms with Gasteiger partial charge in [-0.1, -0.05) is 0 Å². The summed E-state index contributed by atoms with van der Waals surface area (Å²) < 4.78 is 23.2. The van der Waals surface area contributed by atoms with E-state index in [1.165, 1.54) is 4.90 Å². The number of sulfone groups is 1. The van der Waals surface area contributed by atoms with E-state index in [0.29, 0.717) is 0 Å². The van der Waals surface area contributed by atoms with Gasteiger partial charge in [0.2, 0.25) is 11.8 Å². The molecule has 0 aromatic carbocycles. The molecule has 1 fully saturated rings. The highest BCUT2D eigenvalue weighted by atomic mass is 32.2. The molecule has 1 saturated heterocycles. The Morgan fingerprint density at radius 2 is 1.89 bits per heavy atom. The zero-order valence-electron chi connectivity index (χ0n) is 11.9. The Morgan fingerprint density at radius 3 is 2.42 bits per heavy atom. The SMILES string of the molecule is CC1NC(=O)CCN(CCS(=O)(=O)C(C)(C)C)C1=O. The first kappa shape index (κ1) is 15.9. The molecule has 6 nitrogen and oxygen atoms in total. The van der Waals surface area contributed by atoms with E-state index in [0.717, 1.165) is 0 Å². The molecule has 0 aromatic heterocycles. The molecule has 1 atom stereocenters. The molecule has 7 heteroatoms. The van der Waals surface area contributed by atoms with Gasteiger partial charge in [-0.25, -0.2) is 8.42 Å². The number of nitrogens with one attached hydrogen (secondary N) is 1. The Bertz CT molecular complexity index is 465. The predicted molar refractivity (Wildman–Crippen MR) is 72.3 cm³/mol. The molecule has 0 bridgehead atoms. The topological polar surface area (TPSA) is 83.6 Å². The molecule has 1 heterocycles. The van der Waals surface area contributed by atoms with Crippen molar-refractivity contribution in [3.63, 3.8) is 0 Å². The van der Waals surface area contributed by atoms with E-state index >= 15 is 0 Å². The van der Waals surface area contributed by atoms with Gasteiger partial charge < -0.3 is 10.2 Å². The number of amides is 2. The fourth-order valence-electron chi connectivity index (χ4n) is 1.75. The van der Waals surface area contributed by atoms with Gasteiger partial charge in [-0.15, -0.1) is 0 Å². The first-order valence-electron chi connectivity index (χ1n) is 6.35. The zero-order valence-corrected chi connectivity index (χ0v) is 12.7. The van der Waals surface area contributed by atoms with Crippen molar-refractivity contribution < 1.29 is 18.0 Å². The average molecular weight is 290 g/mol. The van der Waals surface area contributed by atoms with Crippen LogP contribution >= 0.6 is 0 Å². The third kappa shape index (κ3) is 3.92. The second kappa shape index (κ2) is 5.48. The lowest BCUT2D eigenvalue weighted by Crippen LogP contribution is -2.45. The number of rotatable bonds is 3. The molecule has 0 saturated carbocycles. The van der Waals surface area contributed by atoms with E-state index in [-0.39, 0.29) is 37.1 Å². The van der Waals surface area contributed by atoms with Crippen molar-refractivity contribution in [1.82, 2.24) is 10.2 Å². The number of hydrogen-bond acceptors (Lipinski definition) is 4. The van der Waals surface area contributed by atoms with Gasteiger partial charge in [0.15, 0.2) is 9.84 Å². The fraction of sp³-hybridized carbons (Fsp3) is 0.833. The predicted octanol–water partition coefficient (Wildman–Crippen LogP) is -0.0633. The molecule has 1 aliphatic rings. The van der Waals surface area contributed by atoms with Crippen molar-refractivity contribution in [3.05, 3.63) is 0 Å². The van der Waals surface area contributed by atoms with Crippen LogP contribution in [0.15, 0.2) is 0 Å². The van der Waals surface area contributed by atoms with Crippen molar-refractivity contribution >= 4 is 21.7 Å². The second-order valence-electron chi connectivity index (χ2n) is 5.80. The molecule has 2 amide bonds. The summed E-state index contributed by atoms with van der Waals surface area (Å²) in [6.07, 6.45) is 0.214. The average Bonchev–Trinajstić information content (AvgIpc) is 2.36. The van der Waals surface area contributed by atoms with Gasteiger partial charge in [-0.3, -0.25) is 9.59 Å². The van der Waals surface area contributed by atoms with E-state index in [4.69, 9.17) is 0 Å². The van der Waals surface area contributed by atoms with Gasteiger partial charge in [0.05, 0.1) is 10.5 Å². The number of carbonyl (C=O) groups is 2. The maximum Gasteiger partial charge on any atom is 0.244 e. The lowest BCUT2D eigenvalue weighted by Gasteiger charge is -2.25. The van der Waals surface area contributed by atoms with Gasteiger partial charge in [-0.05, 0) is 27.7 Å². The molecule has 1 aliphatic heterocycles. The Morgan fingerprint density at radius 1 is 1.32 bits per heavy atom. The second-order valence-corrected chi connectivity index (χ2v) is 8.66. The van der Waals surface area contributed by atoms with Crippen molar-refractivity contribution in [2.45, 2.75) is 44.9 Å². The highest BCUT2D eigenvalue weighted by molar-refractivity contribution is 7.92. The standard InChI is InChI=1S/C12H22N2O4S/c1-9-11(16)14(6-5-10(15)13-9)7-8-19(17,18)12(2,3)4/h9H,5-8H2,1-4H3,(H,13,15). The van der Waals surface area contributed by atoms with Crippen LogP contribution in [0.4, 0.5) is 0 Å². The Kier molecular flexibility index (Phi) is 4.60. The number of nitrogens with zero attached hydrogens (tertiary/aromatic N) is 1. The normalized spacial score (nSPS) is 22.1. The summed E-state index contributed by atoms with van der Waals surface area (Å²) in [6, 6.07) is -0.590. The summed E-state index contributed by atoms with van der Waals surface area (Å²) in [5, 5.41) is 2.57. The molecule has 19 heavy (non-hydrogen) atoms. The van der Waals surface area contributed by atoms with Gasteiger partial charge in [-0.2, -0.15) is 0 Å². The van der Waals surface area contributed by atoms with Crippen LogP contribution in [0.25, 0.3) is 0 Å². The highest BCUT2D eigenvalue weighted by Crippen LogP contribution is 2.16. The van der Waals surface area contributed by atoms with E-state index in [1.807, 2.05) is 0 Å². The zero-order chi connectivity index (χ0) is 14.8. The van der Waals surface area contributed by atoms with Gasteiger partial charge in [0, 0.05) is 19.5 Å². The van der Waals surface area contributed by atoms with Crippen LogP contribution in [0.1, 0.15) is 34.1 Å². The largest absolute Gasteiger partial charge is 0.345 e. The molecule has 0 aromatic rings. The third-order valence-electron chi connectivity index (χ3n) is 3.23. The maximum atomic E-state index is 12.0. The minimum Gasteiger partial charge on any atom is -0.345 e. The van der Waals surface area contributed by atoms with Gasteiger partial charge >= 0.3 is 0 Å². The number of hydrogen-bond donors (Lipinski definition) is 1. The van der Waals surface area contributed by atoms with Crippen LogP contribution in [0.5, 0.6) is 0 Å². The summed E-state index contributed by atoms with van der Waals surface area (Å²) in [4.78, 5) is 24.8. The molecule has 1 N–H and O–H groups in total. The fourth-order valence-corrected chi connectivity index (χ4v) is 2.83. The van der Waals surface area contributed by atoms with Crippen molar-refractivity contribution in [3.8, 4) is 0 Å². The van der Waals surface area contributed by atoms with Crippen LogP contribution in [0, 0.1) is 0 Å². The summed E-state index contributed by atoms with van der Waals surface area (Å²) in [5.41, 5.74) is 0. The van der Waals surface area contributed by atoms with Crippen LogP contribution in [0.2, 0.25) is 0 Å². The molecular formula is C12H22N2O4S. The number of carbonyl (C=O) groups excluding carboxylic acids is 2. The van der Waals surface area contributed by atoms with E-state index in [2.05, 4.69) is 5.32 Å². The summed E-state index contributed by atoms with van der Waals surface area (Å²) in [5.74, 6) is -0.486. The van der Waals surface area contributed by atoms with Gasteiger partial charge in [0.25, 0.3) is 0 Å². The summed E-state index contributed by atoms with van der Waals surface area (Å²) >= 11 is 0. The first-order chi connectivity index (χ1) is 8.54. The van der Waals surface area contributed by atoms with E-state index < -0.39 is 20.6 Å². The molecule has 0 spiro atoms. The highest BCUT2D eigenvalue weighted by Gasteiger charge is 2.32. The molecular weight excluding hydrogens is 268 g/mol. The van der Waals surface area contributed by atoms with Crippen LogP contribution in [0.3, 0.4) is 0 Å². The van der Waals surface area contributed by atoms with E-state index in [9.17, 15) is 18.0 Å². The molecule has 110 valence electrons. The molecule has 1 unspecified atom stereocenters. The minimum absolute atomic E-state index is 0.0802. The lowest BCUT2D eigenvalue weighted by atomic mass is 10.3. The molecule has 0 radical (unpaired) electrons. The minimum atomic E-state index is -3.26. The Hall–Kier alpha value is -1.11. The summed E-state index contributed by atoms with van der Waals surface area (Å²) in [7, 11) is -3.26. The van der Waals surface area contributed by atoms with Crippen LogP contribution in [-0.2, 0) is 19.4 Å². The summed E-state index contributed by atoms with van der Waals surface area (Å²) in [6.45, 7) is 6.93. The molecule has 1 rings (SSSR count). The van der Waals surface area contributed by atoms with Gasteiger partial charge in [0.1, 0.15) is 6.04 Å². The smallest absolute Gasteiger partial charge is 0.244 e. The monoisotopic (exact) mass is 290 g/mol. The van der Waals surface area contributed by atoms with Crippen molar-refractivity contribution in [2.75, 3.05) is 18.8 Å². The quantitative estimate of drug-likeness (QED) is 0.789. The van der Waals surface area contributed by atoms with Crippen molar-refractivity contribution in [1.29, 1.82) is 0 Å². The maximum absolute atomic E-state index is 12.0. The van der Waals surface area contributed by atoms with E-state index in [1.54, 1.807) is 27.7 Å². The first-order valence-corrected chi connectivity index (χ1v) is 8.00. The third-order valence-corrected chi connectivity index (χ3v) is 5.82. The lowest BCUT2D eigenvalue weighted by molar-refractivity contribution is -0.132. The van der Waals surface area contributed by atoms with Crippen LogP contribution in [-0.4, -0.2) is 54.8 Å². The Balaban J connectivity index is 2.72.